The number of hydrazone groups is 1. The highest BCUT2D eigenvalue weighted by atomic mass is 79.9. The van der Waals surface area contributed by atoms with Gasteiger partial charge in [0.1, 0.15) is 23.3 Å². The molecule has 0 fully saturated rings. The van der Waals surface area contributed by atoms with Crippen molar-refractivity contribution in [3.63, 3.8) is 0 Å². The third kappa shape index (κ3) is 7.76. The number of hydrogen-bond donors (Lipinski definition) is 2. The van der Waals surface area contributed by atoms with Gasteiger partial charge in [0.2, 0.25) is 0 Å². The minimum Gasteiger partial charge on any atom is -0.496 e. The number of carbonyl (C=O) groups excluding carboxylic acids is 2. The highest BCUT2D eigenvalue weighted by Gasteiger charge is 2.22. The third-order valence-corrected chi connectivity index (χ3v) is 5.62. The van der Waals surface area contributed by atoms with Crippen molar-refractivity contribution in [3.8, 4) is 17.2 Å². The number of para-hydroxylation sites is 1. The minimum atomic E-state index is -0.754. The summed E-state index contributed by atoms with van der Waals surface area (Å²) in [5, 5.41) is 6.80. The van der Waals surface area contributed by atoms with Crippen LogP contribution in [0.5, 0.6) is 17.2 Å². The summed E-state index contributed by atoms with van der Waals surface area (Å²) >= 11 is 3.42. The van der Waals surface area contributed by atoms with Crippen molar-refractivity contribution in [1.82, 2.24) is 10.7 Å². The number of nitrogens with zero attached hydrogens (tertiary/aromatic N) is 1. The van der Waals surface area contributed by atoms with Crippen LogP contribution in [-0.2, 0) is 9.59 Å². The van der Waals surface area contributed by atoms with Crippen molar-refractivity contribution in [3.05, 3.63) is 51.5 Å². The first kappa shape index (κ1) is 27.2. The summed E-state index contributed by atoms with van der Waals surface area (Å²) in [7, 11) is 3.09. The summed E-state index contributed by atoms with van der Waals surface area (Å²) in [6, 6.07) is 8.50. The first-order valence-electron chi connectivity index (χ1n) is 10.9. The molecule has 1 atom stereocenters. The zero-order valence-corrected chi connectivity index (χ0v) is 22.0. The van der Waals surface area contributed by atoms with E-state index in [1.54, 1.807) is 19.2 Å². The van der Waals surface area contributed by atoms with Crippen molar-refractivity contribution in [2.45, 2.75) is 40.2 Å². The molecule has 8 nitrogen and oxygen atoms in total. The molecular formula is C25H32BrN3O5. The topological polar surface area (TPSA) is 98.3 Å². The van der Waals surface area contributed by atoms with E-state index in [2.05, 4.69) is 31.8 Å². The quantitative estimate of drug-likeness (QED) is 0.334. The molecule has 2 amide bonds. The lowest BCUT2D eigenvalue weighted by molar-refractivity contribution is -0.130. The summed E-state index contributed by atoms with van der Waals surface area (Å²) in [4.78, 5) is 25.3. The van der Waals surface area contributed by atoms with Crippen molar-refractivity contribution >= 4 is 34.0 Å². The minimum absolute atomic E-state index is 0.178. The first-order valence-corrected chi connectivity index (χ1v) is 11.7. The van der Waals surface area contributed by atoms with Crippen LogP contribution in [-0.4, -0.2) is 44.9 Å². The van der Waals surface area contributed by atoms with Gasteiger partial charge in [0, 0.05) is 11.6 Å². The van der Waals surface area contributed by atoms with Crippen LogP contribution in [0.2, 0.25) is 0 Å². The van der Waals surface area contributed by atoms with E-state index in [0.29, 0.717) is 29.2 Å². The molecule has 0 aromatic heterocycles. The van der Waals surface area contributed by atoms with Crippen LogP contribution in [0, 0.1) is 19.8 Å². The number of methoxy groups -OCH3 is 2. The van der Waals surface area contributed by atoms with E-state index >= 15 is 0 Å². The number of carbonyl (C=O) groups is 2. The van der Waals surface area contributed by atoms with E-state index in [0.717, 1.165) is 15.6 Å². The zero-order chi connectivity index (χ0) is 25.3. The molecule has 2 aromatic rings. The van der Waals surface area contributed by atoms with E-state index in [9.17, 15) is 9.59 Å². The van der Waals surface area contributed by atoms with Gasteiger partial charge in [0.25, 0.3) is 11.8 Å². The maximum absolute atomic E-state index is 12.8. The summed E-state index contributed by atoms with van der Waals surface area (Å²) in [6.07, 6.45) is 1.92. The van der Waals surface area contributed by atoms with E-state index in [4.69, 9.17) is 14.2 Å². The van der Waals surface area contributed by atoms with Gasteiger partial charge >= 0.3 is 0 Å². The fourth-order valence-electron chi connectivity index (χ4n) is 3.33. The largest absolute Gasteiger partial charge is 0.496 e. The van der Waals surface area contributed by atoms with Crippen molar-refractivity contribution < 1.29 is 23.8 Å². The van der Waals surface area contributed by atoms with Crippen LogP contribution in [0.4, 0.5) is 0 Å². The lowest BCUT2D eigenvalue weighted by atomic mass is 10.0. The number of ether oxygens (including phenoxy) is 3. The average molecular weight is 534 g/mol. The average Bonchev–Trinajstić information content (AvgIpc) is 2.78. The highest BCUT2D eigenvalue weighted by Crippen LogP contribution is 2.32. The molecule has 0 bridgehead atoms. The number of benzene rings is 2. The van der Waals surface area contributed by atoms with Crippen molar-refractivity contribution in [2.75, 3.05) is 20.8 Å². The number of rotatable bonds is 11. The molecule has 0 aliphatic carbocycles. The second kappa shape index (κ2) is 13.0. The van der Waals surface area contributed by atoms with Crippen molar-refractivity contribution in [2.24, 2.45) is 11.0 Å². The van der Waals surface area contributed by atoms with Gasteiger partial charge in [-0.1, -0.05) is 32.0 Å². The van der Waals surface area contributed by atoms with Gasteiger partial charge in [-0.3, -0.25) is 9.59 Å². The smallest absolute Gasteiger partial charge is 0.262 e. The van der Waals surface area contributed by atoms with Crippen molar-refractivity contribution in [1.29, 1.82) is 0 Å². The summed E-state index contributed by atoms with van der Waals surface area (Å²) in [6.45, 7) is 7.60. The first-order chi connectivity index (χ1) is 16.2. The van der Waals surface area contributed by atoms with E-state index in [-0.39, 0.29) is 18.4 Å². The Morgan fingerprint density at radius 1 is 1.09 bits per heavy atom. The Bertz CT molecular complexity index is 1020. The molecule has 2 aromatic carbocycles. The molecule has 0 aliphatic rings. The number of nitrogens with one attached hydrogen (secondary N) is 2. The fourth-order valence-corrected chi connectivity index (χ4v) is 3.85. The molecule has 0 unspecified atom stereocenters. The Morgan fingerprint density at radius 2 is 1.74 bits per heavy atom. The third-order valence-electron chi connectivity index (χ3n) is 5.00. The molecule has 2 N–H and O–H groups in total. The van der Waals surface area contributed by atoms with E-state index in [1.165, 1.54) is 13.3 Å². The number of aryl methyl sites for hydroxylation is 2. The molecule has 0 aliphatic heterocycles. The maximum atomic E-state index is 12.8. The lowest BCUT2D eigenvalue weighted by Gasteiger charge is -2.19. The van der Waals surface area contributed by atoms with Crippen LogP contribution in [0.25, 0.3) is 0 Å². The van der Waals surface area contributed by atoms with Crippen LogP contribution in [0.1, 0.15) is 37.0 Å². The maximum Gasteiger partial charge on any atom is 0.262 e. The standard InChI is InChI=1S/C25H32BrN3O5/c1-15(2)10-20(28-23(30)14-34-24-16(3)8-7-9-17(24)4)25(31)29-27-13-18-11-19(26)22(33-6)12-21(18)32-5/h7-9,11-13,15,20H,10,14H2,1-6H3,(H,28,30)(H,29,31)/b27-13-/t20-/m0/s1. The van der Waals surface area contributed by atoms with Gasteiger partial charge in [-0.05, 0) is 59.3 Å². The zero-order valence-electron chi connectivity index (χ0n) is 20.4. The van der Waals surface area contributed by atoms with Crippen LogP contribution in [0.15, 0.2) is 39.9 Å². The monoisotopic (exact) mass is 533 g/mol. The van der Waals surface area contributed by atoms with E-state index in [1.807, 2.05) is 45.9 Å². The normalized spacial score (nSPS) is 11.9. The van der Waals surface area contributed by atoms with Gasteiger partial charge < -0.3 is 19.5 Å². The Balaban J connectivity index is 2.03. The van der Waals surface area contributed by atoms with E-state index < -0.39 is 11.9 Å². The molecular weight excluding hydrogens is 502 g/mol. The van der Waals surface area contributed by atoms with Crippen LogP contribution < -0.4 is 25.0 Å². The summed E-state index contributed by atoms with van der Waals surface area (Å²) in [5.74, 6) is 1.20. The number of hydrogen-bond acceptors (Lipinski definition) is 6. The Morgan fingerprint density at radius 3 is 2.32 bits per heavy atom. The fraction of sp³-hybridized carbons (Fsp3) is 0.400. The highest BCUT2D eigenvalue weighted by molar-refractivity contribution is 9.10. The molecule has 0 saturated carbocycles. The number of amides is 2. The Hall–Kier alpha value is -3.07. The van der Waals surface area contributed by atoms with Gasteiger partial charge in [0.05, 0.1) is 24.9 Å². The Kier molecular flexibility index (Phi) is 10.4. The predicted octanol–water partition coefficient (Wildman–Crippen LogP) is 4.14. The Labute approximate surface area is 209 Å². The molecule has 0 heterocycles. The van der Waals surface area contributed by atoms with Gasteiger partial charge in [-0.15, -0.1) is 0 Å². The lowest BCUT2D eigenvalue weighted by Crippen LogP contribution is -2.47. The van der Waals surface area contributed by atoms with Gasteiger partial charge in [-0.2, -0.15) is 5.10 Å². The van der Waals surface area contributed by atoms with Gasteiger partial charge in [0.15, 0.2) is 6.61 Å². The second-order valence-corrected chi connectivity index (χ2v) is 9.08. The summed E-state index contributed by atoms with van der Waals surface area (Å²) in [5.41, 5.74) is 5.03. The molecule has 184 valence electrons. The second-order valence-electron chi connectivity index (χ2n) is 8.22. The molecule has 34 heavy (non-hydrogen) atoms. The SMILES string of the molecule is COc1cc(OC)c(/C=N\NC(=O)[C@H](CC(C)C)NC(=O)COc2c(C)cccc2C)cc1Br. The molecule has 0 spiro atoms. The molecule has 0 radical (unpaired) electrons. The predicted molar refractivity (Wildman–Crippen MR) is 136 cm³/mol. The molecule has 2 rings (SSSR count). The van der Waals surface area contributed by atoms with Crippen LogP contribution in [0.3, 0.4) is 0 Å². The van der Waals surface area contributed by atoms with Crippen LogP contribution >= 0.6 is 15.9 Å². The molecule has 9 heteroatoms. The number of halogens is 1. The van der Waals surface area contributed by atoms with Gasteiger partial charge in [-0.25, -0.2) is 5.43 Å². The summed E-state index contributed by atoms with van der Waals surface area (Å²) < 4.78 is 17.0. The molecule has 0 saturated heterocycles.